The van der Waals surface area contributed by atoms with Gasteiger partial charge in [0, 0.05) is 20.1 Å². The zero-order chi connectivity index (χ0) is 11.4. The van der Waals surface area contributed by atoms with Crippen LogP contribution in [0, 0.1) is 0 Å². The van der Waals surface area contributed by atoms with Gasteiger partial charge in [-0.05, 0) is 13.8 Å². The second-order valence-electron chi connectivity index (χ2n) is 3.26. The van der Waals surface area contributed by atoms with Crippen molar-refractivity contribution in [1.82, 2.24) is 4.90 Å². The van der Waals surface area contributed by atoms with Gasteiger partial charge in [0.1, 0.15) is 5.75 Å². The molecule has 0 aliphatic heterocycles. The van der Waals surface area contributed by atoms with Gasteiger partial charge >= 0.3 is 0 Å². The van der Waals surface area contributed by atoms with E-state index in [1.54, 1.807) is 14.0 Å². The van der Waals surface area contributed by atoms with Crippen molar-refractivity contribution in [2.45, 2.75) is 19.1 Å². The lowest BCUT2D eigenvalue weighted by atomic mass is 10.5. The predicted octanol–water partition coefficient (Wildman–Crippen LogP) is -0.773. The molecule has 6 heteroatoms. The zero-order valence-electron chi connectivity index (χ0n) is 8.86. The van der Waals surface area contributed by atoms with Crippen molar-refractivity contribution in [2.24, 2.45) is 5.73 Å². The lowest BCUT2D eigenvalue weighted by molar-refractivity contribution is -0.126. The SMILES string of the molecule is CCN(C)C(=O)CS(=O)(=O)C(C)CN. The Labute approximate surface area is 85.2 Å². The molecule has 0 aromatic heterocycles. The summed E-state index contributed by atoms with van der Waals surface area (Å²) in [5.74, 6) is -0.830. The number of hydrogen-bond acceptors (Lipinski definition) is 4. The van der Waals surface area contributed by atoms with E-state index in [1.807, 2.05) is 0 Å². The molecule has 0 aliphatic carbocycles. The average molecular weight is 222 g/mol. The first kappa shape index (κ1) is 13.4. The van der Waals surface area contributed by atoms with Gasteiger partial charge in [-0.2, -0.15) is 0 Å². The van der Waals surface area contributed by atoms with Gasteiger partial charge in [0.15, 0.2) is 9.84 Å². The first-order valence-corrected chi connectivity index (χ1v) is 6.22. The summed E-state index contributed by atoms with van der Waals surface area (Å²) >= 11 is 0. The Morgan fingerprint density at radius 2 is 2.00 bits per heavy atom. The third-order valence-electron chi connectivity index (χ3n) is 2.17. The van der Waals surface area contributed by atoms with Gasteiger partial charge in [0.2, 0.25) is 5.91 Å². The molecule has 2 N–H and O–H groups in total. The standard InChI is InChI=1S/C8H18N2O3S/c1-4-10(3)8(11)6-14(12,13)7(2)5-9/h7H,4-6,9H2,1-3H3. The Kier molecular flexibility index (Phi) is 5.07. The summed E-state index contributed by atoms with van der Waals surface area (Å²) in [6, 6.07) is 0. The first-order valence-electron chi connectivity index (χ1n) is 4.50. The van der Waals surface area contributed by atoms with Crippen LogP contribution in [-0.2, 0) is 14.6 Å². The molecule has 0 fully saturated rings. The number of sulfone groups is 1. The molecule has 0 spiro atoms. The molecule has 0 rings (SSSR count). The minimum atomic E-state index is -3.38. The maximum atomic E-state index is 11.5. The zero-order valence-corrected chi connectivity index (χ0v) is 9.67. The first-order chi connectivity index (χ1) is 6.35. The van der Waals surface area contributed by atoms with Crippen molar-refractivity contribution in [3.05, 3.63) is 0 Å². The molecule has 0 aromatic rings. The van der Waals surface area contributed by atoms with Crippen molar-refractivity contribution >= 4 is 15.7 Å². The van der Waals surface area contributed by atoms with Crippen LogP contribution in [0.4, 0.5) is 0 Å². The molecule has 5 nitrogen and oxygen atoms in total. The van der Waals surface area contributed by atoms with E-state index in [9.17, 15) is 13.2 Å². The number of nitrogens with zero attached hydrogens (tertiary/aromatic N) is 1. The average Bonchev–Trinajstić information content (AvgIpc) is 2.14. The van der Waals surface area contributed by atoms with E-state index in [-0.39, 0.29) is 12.5 Å². The van der Waals surface area contributed by atoms with Gasteiger partial charge in [-0.3, -0.25) is 4.79 Å². The number of amides is 1. The highest BCUT2D eigenvalue weighted by molar-refractivity contribution is 7.92. The molecule has 0 saturated carbocycles. The Morgan fingerprint density at radius 3 is 2.36 bits per heavy atom. The van der Waals surface area contributed by atoms with E-state index in [0.29, 0.717) is 6.54 Å². The molecule has 0 saturated heterocycles. The molecule has 1 unspecified atom stereocenters. The third kappa shape index (κ3) is 3.63. The van der Waals surface area contributed by atoms with E-state index in [4.69, 9.17) is 5.73 Å². The highest BCUT2D eigenvalue weighted by atomic mass is 32.2. The van der Waals surface area contributed by atoms with Crippen molar-refractivity contribution in [2.75, 3.05) is 25.9 Å². The molecule has 0 aromatic carbocycles. The smallest absolute Gasteiger partial charge is 0.237 e. The Balaban J connectivity index is 4.45. The highest BCUT2D eigenvalue weighted by Crippen LogP contribution is 2.01. The fraction of sp³-hybridized carbons (Fsp3) is 0.875. The van der Waals surface area contributed by atoms with Crippen LogP contribution in [0.5, 0.6) is 0 Å². The molecule has 84 valence electrons. The van der Waals surface area contributed by atoms with Crippen molar-refractivity contribution < 1.29 is 13.2 Å². The third-order valence-corrected chi connectivity index (χ3v) is 4.24. The summed E-state index contributed by atoms with van der Waals surface area (Å²) in [6.07, 6.45) is 0. The summed E-state index contributed by atoms with van der Waals surface area (Å²) in [7, 11) is -1.81. The van der Waals surface area contributed by atoms with Crippen molar-refractivity contribution in [3.63, 3.8) is 0 Å². The van der Waals surface area contributed by atoms with Crippen molar-refractivity contribution in [1.29, 1.82) is 0 Å². The predicted molar refractivity (Wildman–Crippen MR) is 55.6 cm³/mol. The maximum Gasteiger partial charge on any atom is 0.237 e. The summed E-state index contributed by atoms with van der Waals surface area (Å²) in [6.45, 7) is 3.85. The Hall–Kier alpha value is -0.620. The van der Waals surface area contributed by atoms with Crippen LogP contribution in [0.25, 0.3) is 0 Å². The monoisotopic (exact) mass is 222 g/mol. The van der Waals surface area contributed by atoms with Gasteiger partial charge < -0.3 is 10.6 Å². The molecule has 0 heterocycles. The van der Waals surface area contributed by atoms with Crippen LogP contribution >= 0.6 is 0 Å². The minimum Gasteiger partial charge on any atom is -0.345 e. The summed E-state index contributed by atoms with van der Waals surface area (Å²) < 4.78 is 22.9. The number of rotatable bonds is 5. The van der Waals surface area contributed by atoms with E-state index in [2.05, 4.69) is 0 Å². The lowest BCUT2D eigenvalue weighted by Crippen LogP contribution is -2.37. The van der Waals surface area contributed by atoms with Gasteiger partial charge in [-0.25, -0.2) is 8.42 Å². The summed E-state index contributed by atoms with van der Waals surface area (Å²) in [5.41, 5.74) is 5.24. The topological polar surface area (TPSA) is 80.5 Å². The minimum absolute atomic E-state index is 0.0471. The van der Waals surface area contributed by atoms with Gasteiger partial charge in [-0.15, -0.1) is 0 Å². The normalized spacial score (nSPS) is 13.7. The molecular formula is C8H18N2O3S. The number of carbonyl (C=O) groups excluding carboxylic acids is 1. The Morgan fingerprint density at radius 1 is 1.50 bits per heavy atom. The number of carbonyl (C=O) groups is 1. The molecular weight excluding hydrogens is 204 g/mol. The summed E-state index contributed by atoms with van der Waals surface area (Å²) in [5, 5.41) is -0.656. The van der Waals surface area contributed by atoms with Crippen LogP contribution in [-0.4, -0.2) is 50.4 Å². The van der Waals surface area contributed by atoms with Crippen LogP contribution < -0.4 is 5.73 Å². The summed E-state index contributed by atoms with van der Waals surface area (Å²) in [4.78, 5) is 12.7. The molecule has 0 radical (unpaired) electrons. The van der Waals surface area contributed by atoms with Crippen molar-refractivity contribution in [3.8, 4) is 0 Å². The van der Waals surface area contributed by atoms with E-state index in [1.165, 1.54) is 11.8 Å². The van der Waals surface area contributed by atoms with E-state index < -0.39 is 20.8 Å². The van der Waals surface area contributed by atoms with E-state index in [0.717, 1.165) is 0 Å². The molecule has 0 bridgehead atoms. The van der Waals surface area contributed by atoms with Crippen LogP contribution in [0.15, 0.2) is 0 Å². The molecule has 1 amide bonds. The van der Waals surface area contributed by atoms with Crippen LogP contribution in [0.3, 0.4) is 0 Å². The van der Waals surface area contributed by atoms with E-state index >= 15 is 0 Å². The number of hydrogen-bond donors (Lipinski definition) is 1. The number of nitrogens with two attached hydrogens (primary N) is 1. The molecule has 1 atom stereocenters. The second kappa shape index (κ2) is 5.31. The second-order valence-corrected chi connectivity index (χ2v) is 5.68. The van der Waals surface area contributed by atoms with Gasteiger partial charge in [0.05, 0.1) is 5.25 Å². The van der Waals surface area contributed by atoms with Gasteiger partial charge in [0.25, 0.3) is 0 Å². The fourth-order valence-corrected chi connectivity index (χ4v) is 1.89. The largest absolute Gasteiger partial charge is 0.345 e. The van der Waals surface area contributed by atoms with Crippen LogP contribution in [0.2, 0.25) is 0 Å². The molecule has 0 aliphatic rings. The van der Waals surface area contributed by atoms with Gasteiger partial charge in [-0.1, -0.05) is 0 Å². The lowest BCUT2D eigenvalue weighted by Gasteiger charge is -2.16. The van der Waals surface area contributed by atoms with Crippen LogP contribution in [0.1, 0.15) is 13.8 Å². The fourth-order valence-electron chi connectivity index (χ4n) is 0.748. The molecule has 14 heavy (non-hydrogen) atoms. The Bertz CT molecular complexity index is 287. The quantitative estimate of drug-likeness (QED) is 0.662. The highest BCUT2D eigenvalue weighted by Gasteiger charge is 2.24. The maximum absolute atomic E-state index is 11.5.